The van der Waals surface area contributed by atoms with Gasteiger partial charge in [0.15, 0.2) is 0 Å². The minimum Gasteiger partial charge on any atom is -0.397 e. The average molecular weight is 288 g/mol. The van der Waals surface area contributed by atoms with E-state index in [0.29, 0.717) is 5.02 Å². The third-order valence-corrected chi connectivity index (χ3v) is 4.96. The summed E-state index contributed by atoms with van der Waals surface area (Å²) >= 11 is 5.75. The van der Waals surface area contributed by atoms with E-state index >= 15 is 0 Å². The maximum absolute atomic E-state index is 12.2. The van der Waals surface area contributed by atoms with Gasteiger partial charge in [0.1, 0.15) is 0 Å². The van der Waals surface area contributed by atoms with Crippen LogP contribution in [0.4, 0.5) is 5.69 Å². The molecule has 0 saturated heterocycles. The predicted octanol–water partition coefficient (Wildman–Crippen LogP) is 1.84. The molecule has 0 aliphatic heterocycles. The second-order valence-corrected chi connectivity index (χ2v) is 6.32. The van der Waals surface area contributed by atoms with Crippen LogP contribution in [0.1, 0.15) is 13.3 Å². The van der Waals surface area contributed by atoms with Crippen LogP contribution < -0.4 is 5.73 Å². The van der Waals surface area contributed by atoms with Gasteiger partial charge in [-0.15, -0.1) is 0 Å². The zero-order valence-electron chi connectivity index (χ0n) is 10.1. The van der Waals surface area contributed by atoms with E-state index in [1.807, 2.05) is 6.07 Å². The third-order valence-electron chi connectivity index (χ3n) is 2.65. The fourth-order valence-electron chi connectivity index (χ4n) is 1.35. The lowest BCUT2D eigenvalue weighted by Gasteiger charge is -2.22. The number of hydrogen-bond acceptors (Lipinski definition) is 4. The molecule has 1 aromatic rings. The lowest BCUT2D eigenvalue weighted by atomic mass is 10.3. The van der Waals surface area contributed by atoms with Gasteiger partial charge in [0.05, 0.1) is 28.1 Å². The summed E-state index contributed by atoms with van der Waals surface area (Å²) in [5.41, 5.74) is 5.79. The Labute approximate surface area is 112 Å². The van der Waals surface area contributed by atoms with Crippen LogP contribution in [0.3, 0.4) is 0 Å². The van der Waals surface area contributed by atoms with Gasteiger partial charge in [-0.3, -0.25) is 0 Å². The van der Waals surface area contributed by atoms with Crippen LogP contribution >= 0.6 is 11.6 Å². The molecule has 0 aliphatic carbocycles. The molecule has 2 N–H and O–H groups in total. The van der Waals surface area contributed by atoms with E-state index in [1.165, 1.54) is 25.2 Å². The van der Waals surface area contributed by atoms with Crippen molar-refractivity contribution in [3.63, 3.8) is 0 Å². The molecule has 5 nitrogen and oxygen atoms in total. The van der Waals surface area contributed by atoms with Crippen LogP contribution in [0.15, 0.2) is 23.1 Å². The first-order valence-corrected chi connectivity index (χ1v) is 7.02. The lowest BCUT2D eigenvalue weighted by molar-refractivity contribution is 0.393. The van der Waals surface area contributed by atoms with Crippen molar-refractivity contribution in [2.75, 3.05) is 12.8 Å². The Kier molecular flexibility index (Phi) is 4.57. The van der Waals surface area contributed by atoms with Crippen molar-refractivity contribution in [1.82, 2.24) is 4.31 Å². The number of nitrogen functional groups attached to an aromatic ring is 1. The minimum absolute atomic E-state index is 0.0664. The van der Waals surface area contributed by atoms with E-state index in [9.17, 15) is 8.42 Å². The van der Waals surface area contributed by atoms with Crippen LogP contribution in [0, 0.1) is 11.3 Å². The zero-order valence-corrected chi connectivity index (χ0v) is 11.7. The molecule has 1 aromatic carbocycles. The molecule has 1 rings (SSSR count). The third kappa shape index (κ3) is 2.93. The van der Waals surface area contributed by atoms with Crippen LogP contribution in [0.2, 0.25) is 5.02 Å². The summed E-state index contributed by atoms with van der Waals surface area (Å²) in [7, 11) is -2.22. The van der Waals surface area contributed by atoms with Gasteiger partial charge in [-0.2, -0.15) is 9.57 Å². The maximum atomic E-state index is 12.2. The molecule has 0 radical (unpaired) electrons. The van der Waals surface area contributed by atoms with E-state index in [1.54, 1.807) is 6.92 Å². The topological polar surface area (TPSA) is 87.2 Å². The first kappa shape index (κ1) is 14.8. The number of anilines is 1. The van der Waals surface area contributed by atoms with Gasteiger partial charge in [-0.05, 0) is 25.1 Å². The van der Waals surface area contributed by atoms with Gasteiger partial charge in [0.2, 0.25) is 10.0 Å². The molecule has 1 unspecified atom stereocenters. The van der Waals surface area contributed by atoms with E-state index in [-0.39, 0.29) is 17.0 Å². The smallest absolute Gasteiger partial charge is 0.243 e. The Hall–Kier alpha value is -1.29. The maximum Gasteiger partial charge on any atom is 0.243 e. The van der Waals surface area contributed by atoms with Gasteiger partial charge >= 0.3 is 0 Å². The molecule has 0 fully saturated rings. The lowest BCUT2D eigenvalue weighted by Crippen LogP contribution is -2.34. The number of halogens is 1. The summed E-state index contributed by atoms with van der Waals surface area (Å²) in [5, 5.41) is 8.90. The summed E-state index contributed by atoms with van der Waals surface area (Å²) in [6, 6.07) is 5.68. The molecule has 0 heterocycles. The first-order valence-electron chi connectivity index (χ1n) is 5.20. The second kappa shape index (κ2) is 5.57. The highest BCUT2D eigenvalue weighted by molar-refractivity contribution is 7.89. The molecule has 0 bridgehead atoms. The highest BCUT2D eigenvalue weighted by Crippen LogP contribution is 2.25. The molecule has 0 amide bonds. The fourth-order valence-corrected chi connectivity index (χ4v) is 2.86. The molecule has 0 saturated carbocycles. The largest absolute Gasteiger partial charge is 0.397 e. The van der Waals surface area contributed by atoms with Crippen molar-refractivity contribution in [3.8, 4) is 6.07 Å². The van der Waals surface area contributed by atoms with Crippen molar-refractivity contribution >= 4 is 27.3 Å². The van der Waals surface area contributed by atoms with Gasteiger partial charge in [-0.25, -0.2) is 8.42 Å². The van der Waals surface area contributed by atoms with Crippen molar-refractivity contribution < 1.29 is 8.42 Å². The Bertz CT molecular complexity index is 580. The van der Waals surface area contributed by atoms with Crippen LogP contribution in [0.5, 0.6) is 0 Å². The van der Waals surface area contributed by atoms with Gasteiger partial charge in [0.25, 0.3) is 0 Å². The van der Waals surface area contributed by atoms with Crippen molar-refractivity contribution in [2.24, 2.45) is 0 Å². The predicted molar refractivity (Wildman–Crippen MR) is 70.5 cm³/mol. The summed E-state index contributed by atoms with van der Waals surface area (Å²) in [6.45, 7) is 1.67. The molecule has 1 atom stereocenters. The van der Waals surface area contributed by atoms with E-state index in [4.69, 9.17) is 22.6 Å². The van der Waals surface area contributed by atoms with Crippen molar-refractivity contribution in [2.45, 2.75) is 24.3 Å². The van der Waals surface area contributed by atoms with Crippen LogP contribution in [0.25, 0.3) is 0 Å². The van der Waals surface area contributed by atoms with Gasteiger partial charge in [0, 0.05) is 13.1 Å². The number of rotatable bonds is 4. The normalized spacial score (nSPS) is 13.3. The molecular weight excluding hydrogens is 274 g/mol. The van der Waals surface area contributed by atoms with E-state index < -0.39 is 16.1 Å². The highest BCUT2D eigenvalue weighted by atomic mass is 35.5. The van der Waals surface area contributed by atoms with Crippen molar-refractivity contribution in [1.29, 1.82) is 5.26 Å². The molecular formula is C11H14ClN3O2S. The zero-order chi connectivity index (χ0) is 13.9. The summed E-state index contributed by atoms with van der Waals surface area (Å²) in [4.78, 5) is 0.0664. The van der Waals surface area contributed by atoms with Gasteiger partial charge in [-0.1, -0.05) is 11.6 Å². The highest BCUT2D eigenvalue weighted by Gasteiger charge is 2.25. The Balaban J connectivity index is 3.14. The summed E-state index contributed by atoms with van der Waals surface area (Å²) in [5.74, 6) is 0. The number of hydrogen-bond donors (Lipinski definition) is 1. The Morgan fingerprint density at radius 2 is 2.17 bits per heavy atom. The average Bonchev–Trinajstić information content (AvgIpc) is 2.31. The van der Waals surface area contributed by atoms with Gasteiger partial charge < -0.3 is 5.73 Å². The Morgan fingerprint density at radius 3 is 2.67 bits per heavy atom. The standard InChI is InChI=1S/C11H14ClN3O2S/c1-8(5-6-13)15(2)18(16,17)9-3-4-10(12)11(14)7-9/h3-4,7-8H,5,14H2,1-2H3. The molecule has 98 valence electrons. The summed E-state index contributed by atoms with van der Waals surface area (Å²) in [6.07, 6.45) is 0.124. The fraction of sp³-hybridized carbons (Fsp3) is 0.364. The minimum atomic E-state index is -3.66. The molecule has 0 aromatic heterocycles. The first-order chi connectivity index (χ1) is 8.30. The van der Waals surface area contributed by atoms with Crippen LogP contribution in [-0.2, 0) is 10.0 Å². The molecule has 0 aliphatic rings. The number of sulfonamides is 1. The summed E-state index contributed by atoms with van der Waals surface area (Å²) < 4.78 is 25.6. The molecule has 0 spiro atoms. The monoisotopic (exact) mass is 287 g/mol. The second-order valence-electron chi connectivity index (χ2n) is 3.92. The molecule has 7 heteroatoms. The van der Waals surface area contributed by atoms with Crippen molar-refractivity contribution in [3.05, 3.63) is 23.2 Å². The number of benzene rings is 1. The Morgan fingerprint density at radius 1 is 1.56 bits per heavy atom. The van der Waals surface area contributed by atoms with E-state index in [0.717, 1.165) is 4.31 Å². The number of nitriles is 1. The SMILES string of the molecule is CC(CC#N)N(C)S(=O)(=O)c1ccc(Cl)c(N)c1. The quantitative estimate of drug-likeness (QED) is 0.856. The van der Waals surface area contributed by atoms with E-state index in [2.05, 4.69) is 0 Å². The van der Waals surface area contributed by atoms with Crippen LogP contribution in [-0.4, -0.2) is 25.8 Å². The molecule has 18 heavy (non-hydrogen) atoms. The number of nitrogens with two attached hydrogens (primary N) is 1. The number of nitrogens with zero attached hydrogens (tertiary/aromatic N) is 2.